The molecule has 10 heteroatoms. The molecule has 39 heavy (non-hydrogen) atoms. The van der Waals surface area contributed by atoms with Crippen molar-refractivity contribution in [1.82, 2.24) is 10.2 Å². The number of carbonyl (C=O) groups excluding carboxylic acids is 2. The number of hydrogen-bond acceptors (Lipinski definition) is 4. The molecule has 0 bridgehead atoms. The van der Waals surface area contributed by atoms with Gasteiger partial charge in [0.25, 0.3) is 10.0 Å². The molecule has 0 aliphatic rings. The number of nitrogens with one attached hydrogen (secondary N) is 1. The Morgan fingerprint density at radius 1 is 1.00 bits per heavy atom. The standard InChI is InChI=1S/C29H33BrClN3O4S/c1-20-9-15-26(16-10-20)39(37,38)34(25-8-6-7-23(30)17-25)19-27(35)33(18-22-11-13-24(31)14-12-22)21(2)28(36)32-29(3,4)5/h6-17,21H,18-19H2,1-5H3,(H,32,36)/t21-/m1/s1. The molecule has 0 spiro atoms. The first-order valence-electron chi connectivity index (χ1n) is 12.4. The zero-order chi connectivity index (χ0) is 29.0. The molecule has 0 saturated heterocycles. The van der Waals surface area contributed by atoms with Gasteiger partial charge in [0.15, 0.2) is 0 Å². The minimum atomic E-state index is -4.12. The molecule has 1 atom stereocenters. The van der Waals surface area contributed by atoms with E-state index in [4.69, 9.17) is 11.6 Å². The van der Waals surface area contributed by atoms with Crippen LogP contribution in [0.15, 0.2) is 82.2 Å². The molecule has 3 aromatic rings. The minimum Gasteiger partial charge on any atom is -0.350 e. The lowest BCUT2D eigenvalue weighted by Gasteiger charge is -2.33. The summed E-state index contributed by atoms with van der Waals surface area (Å²) in [5, 5.41) is 3.45. The molecule has 0 fully saturated rings. The third-order valence-corrected chi connectivity index (χ3v) is 8.45. The van der Waals surface area contributed by atoms with Crippen LogP contribution >= 0.6 is 27.5 Å². The normalized spacial score (nSPS) is 12.5. The predicted octanol–water partition coefficient (Wildman–Crippen LogP) is 5.94. The summed E-state index contributed by atoms with van der Waals surface area (Å²) in [5.74, 6) is -0.877. The third-order valence-electron chi connectivity index (χ3n) is 5.92. The number of anilines is 1. The fourth-order valence-electron chi connectivity index (χ4n) is 3.84. The minimum absolute atomic E-state index is 0.0589. The van der Waals surface area contributed by atoms with Gasteiger partial charge < -0.3 is 10.2 Å². The number of carbonyl (C=O) groups is 2. The largest absolute Gasteiger partial charge is 0.350 e. The van der Waals surface area contributed by atoms with Crippen LogP contribution in [0.2, 0.25) is 5.02 Å². The Balaban J connectivity index is 2.03. The highest BCUT2D eigenvalue weighted by Crippen LogP contribution is 2.27. The maximum absolute atomic E-state index is 13.9. The van der Waals surface area contributed by atoms with Crippen molar-refractivity contribution < 1.29 is 18.0 Å². The van der Waals surface area contributed by atoms with Crippen molar-refractivity contribution >= 4 is 55.1 Å². The highest BCUT2D eigenvalue weighted by Gasteiger charge is 2.33. The first-order chi connectivity index (χ1) is 18.2. The van der Waals surface area contributed by atoms with Crippen molar-refractivity contribution in [3.05, 3.63) is 93.4 Å². The molecule has 0 heterocycles. The van der Waals surface area contributed by atoms with Crippen LogP contribution in [0.1, 0.15) is 38.8 Å². The van der Waals surface area contributed by atoms with E-state index in [9.17, 15) is 18.0 Å². The van der Waals surface area contributed by atoms with E-state index in [-0.39, 0.29) is 17.3 Å². The SMILES string of the molecule is Cc1ccc(S(=O)(=O)N(CC(=O)N(Cc2ccc(Cl)cc2)[C@H](C)C(=O)NC(C)(C)C)c2cccc(Br)c2)cc1. The predicted molar refractivity (Wildman–Crippen MR) is 159 cm³/mol. The molecule has 0 radical (unpaired) electrons. The Kier molecular flexibility index (Phi) is 9.85. The Bertz CT molecular complexity index is 1420. The van der Waals surface area contributed by atoms with Crippen LogP contribution in [0.5, 0.6) is 0 Å². The zero-order valence-electron chi connectivity index (χ0n) is 22.6. The van der Waals surface area contributed by atoms with Gasteiger partial charge in [0, 0.05) is 21.6 Å². The topological polar surface area (TPSA) is 86.8 Å². The monoisotopic (exact) mass is 633 g/mol. The highest BCUT2D eigenvalue weighted by molar-refractivity contribution is 9.10. The molecular formula is C29H33BrClN3O4S. The number of amides is 2. The van der Waals surface area contributed by atoms with Crippen molar-refractivity contribution in [1.29, 1.82) is 0 Å². The number of hydrogen-bond donors (Lipinski definition) is 1. The van der Waals surface area contributed by atoms with E-state index in [2.05, 4.69) is 21.2 Å². The van der Waals surface area contributed by atoms with Gasteiger partial charge in [0.1, 0.15) is 12.6 Å². The maximum atomic E-state index is 13.9. The second-order valence-electron chi connectivity index (χ2n) is 10.4. The van der Waals surface area contributed by atoms with Gasteiger partial charge >= 0.3 is 0 Å². The van der Waals surface area contributed by atoms with Gasteiger partial charge in [-0.1, -0.05) is 63.4 Å². The lowest BCUT2D eigenvalue weighted by Crippen LogP contribution is -2.54. The fourth-order valence-corrected chi connectivity index (χ4v) is 5.76. The van der Waals surface area contributed by atoms with Gasteiger partial charge in [-0.15, -0.1) is 0 Å². The average Bonchev–Trinajstić information content (AvgIpc) is 2.85. The van der Waals surface area contributed by atoms with Gasteiger partial charge in [-0.05, 0) is 82.6 Å². The van der Waals surface area contributed by atoms with E-state index in [1.165, 1.54) is 17.0 Å². The van der Waals surface area contributed by atoms with Gasteiger partial charge in [-0.2, -0.15) is 0 Å². The lowest BCUT2D eigenvalue weighted by atomic mass is 10.1. The summed E-state index contributed by atoms with van der Waals surface area (Å²) >= 11 is 9.44. The third kappa shape index (κ3) is 8.30. The molecule has 2 amide bonds. The van der Waals surface area contributed by atoms with Crippen LogP contribution in [0, 0.1) is 6.92 Å². The van der Waals surface area contributed by atoms with Crippen LogP contribution in [0.25, 0.3) is 0 Å². The Labute approximate surface area is 244 Å². The van der Waals surface area contributed by atoms with Crippen molar-refractivity contribution in [2.24, 2.45) is 0 Å². The van der Waals surface area contributed by atoms with Crippen molar-refractivity contribution in [2.75, 3.05) is 10.8 Å². The van der Waals surface area contributed by atoms with E-state index in [1.54, 1.807) is 67.6 Å². The zero-order valence-corrected chi connectivity index (χ0v) is 25.8. The van der Waals surface area contributed by atoms with E-state index >= 15 is 0 Å². The lowest BCUT2D eigenvalue weighted by molar-refractivity contribution is -0.140. The molecule has 0 saturated carbocycles. The van der Waals surface area contributed by atoms with Crippen LogP contribution < -0.4 is 9.62 Å². The summed E-state index contributed by atoms with van der Waals surface area (Å²) in [6, 6.07) is 19.3. The number of aryl methyl sites for hydroxylation is 1. The summed E-state index contributed by atoms with van der Waals surface area (Å²) in [7, 11) is -4.12. The first-order valence-corrected chi connectivity index (χ1v) is 15.0. The summed E-state index contributed by atoms with van der Waals surface area (Å²) in [4.78, 5) is 28.5. The molecule has 0 aliphatic carbocycles. The Morgan fingerprint density at radius 2 is 1.62 bits per heavy atom. The fraction of sp³-hybridized carbons (Fsp3) is 0.310. The quantitative estimate of drug-likeness (QED) is 0.316. The van der Waals surface area contributed by atoms with E-state index in [0.717, 1.165) is 15.4 Å². The number of nitrogens with zero attached hydrogens (tertiary/aromatic N) is 2. The summed E-state index contributed by atoms with van der Waals surface area (Å²) in [5.41, 5.74) is 1.46. The molecule has 0 aromatic heterocycles. The van der Waals surface area contributed by atoms with Crippen LogP contribution in [0.3, 0.4) is 0 Å². The van der Waals surface area contributed by atoms with Crippen LogP contribution in [-0.2, 0) is 26.2 Å². The molecule has 1 N–H and O–H groups in total. The van der Waals surface area contributed by atoms with Gasteiger partial charge in [-0.3, -0.25) is 13.9 Å². The first kappa shape index (κ1) is 30.7. The molecule has 208 valence electrons. The molecule has 0 aliphatic heterocycles. The van der Waals surface area contributed by atoms with Gasteiger partial charge in [0.05, 0.1) is 10.6 Å². The van der Waals surface area contributed by atoms with Crippen LogP contribution in [-0.4, -0.2) is 43.3 Å². The number of sulfonamides is 1. The van der Waals surface area contributed by atoms with E-state index in [1.807, 2.05) is 27.7 Å². The van der Waals surface area contributed by atoms with Crippen molar-refractivity contribution in [2.45, 2.75) is 57.6 Å². The molecule has 0 unspecified atom stereocenters. The van der Waals surface area contributed by atoms with Crippen LogP contribution in [0.4, 0.5) is 5.69 Å². The number of rotatable bonds is 9. The van der Waals surface area contributed by atoms with E-state index < -0.39 is 34.1 Å². The second kappa shape index (κ2) is 12.5. The summed E-state index contributed by atoms with van der Waals surface area (Å²) in [6.45, 7) is 8.64. The number of benzene rings is 3. The molecule has 3 rings (SSSR count). The highest BCUT2D eigenvalue weighted by atomic mass is 79.9. The molecular weight excluding hydrogens is 602 g/mol. The van der Waals surface area contributed by atoms with Crippen molar-refractivity contribution in [3.63, 3.8) is 0 Å². The molecule has 3 aromatic carbocycles. The Morgan fingerprint density at radius 3 is 2.18 bits per heavy atom. The number of halogens is 2. The van der Waals surface area contributed by atoms with E-state index in [0.29, 0.717) is 15.2 Å². The molecule has 7 nitrogen and oxygen atoms in total. The Hall–Kier alpha value is -2.88. The van der Waals surface area contributed by atoms with Gasteiger partial charge in [0.2, 0.25) is 11.8 Å². The average molecular weight is 635 g/mol. The second-order valence-corrected chi connectivity index (χ2v) is 13.6. The smallest absolute Gasteiger partial charge is 0.264 e. The maximum Gasteiger partial charge on any atom is 0.264 e. The summed E-state index contributed by atoms with van der Waals surface area (Å²) in [6.07, 6.45) is 0. The van der Waals surface area contributed by atoms with Crippen molar-refractivity contribution in [3.8, 4) is 0 Å². The van der Waals surface area contributed by atoms with Gasteiger partial charge in [-0.25, -0.2) is 8.42 Å². The summed E-state index contributed by atoms with van der Waals surface area (Å²) < 4.78 is 29.4.